The molecule has 0 spiro atoms. The summed E-state index contributed by atoms with van der Waals surface area (Å²) < 4.78 is 71.9. The lowest BCUT2D eigenvalue weighted by Crippen LogP contribution is -2.37. The first-order valence-electron chi connectivity index (χ1n) is 13.3. The monoisotopic (exact) mass is 544 g/mol. The fourth-order valence-corrected chi connectivity index (χ4v) is 4.36. The number of hydrogen-bond donors (Lipinski definition) is 0. The third-order valence-electron chi connectivity index (χ3n) is 8.10. The van der Waals surface area contributed by atoms with Crippen molar-refractivity contribution in [1.29, 1.82) is 0 Å². The van der Waals surface area contributed by atoms with Crippen molar-refractivity contribution in [2.75, 3.05) is 0 Å². The average molecular weight is 545 g/mol. The Bertz CT molecular complexity index is 1280. The summed E-state index contributed by atoms with van der Waals surface area (Å²) in [4.78, 5) is 12.9. The maximum atomic E-state index is 15.0. The molecule has 0 aliphatic rings. The van der Waals surface area contributed by atoms with Gasteiger partial charge in [-0.3, -0.25) is 4.79 Å². The largest absolute Gasteiger partial charge is 0.487 e. The molecule has 0 saturated heterocycles. The molecule has 3 aromatic carbocycles. The van der Waals surface area contributed by atoms with Crippen molar-refractivity contribution in [3.63, 3.8) is 0 Å². The fourth-order valence-electron chi connectivity index (χ4n) is 4.36. The van der Waals surface area contributed by atoms with Crippen molar-refractivity contribution in [2.45, 2.75) is 78.7 Å². The number of benzene rings is 3. The van der Waals surface area contributed by atoms with Gasteiger partial charge in [-0.2, -0.15) is 0 Å². The first-order valence-corrected chi connectivity index (χ1v) is 13.3. The number of ether oxygens (including phenoxy) is 2. The summed E-state index contributed by atoms with van der Waals surface area (Å²) in [5.74, 6) is -5.74. The van der Waals surface area contributed by atoms with Gasteiger partial charge in [-0.15, -0.1) is 0 Å². The van der Waals surface area contributed by atoms with Crippen molar-refractivity contribution in [1.82, 2.24) is 0 Å². The van der Waals surface area contributed by atoms with E-state index in [1.165, 1.54) is 31.2 Å². The molecule has 3 nitrogen and oxygen atoms in total. The molecule has 0 aliphatic heterocycles. The second-order valence-corrected chi connectivity index (χ2v) is 10.6. The molecule has 0 aliphatic carbocycles. The van der Waals surface area contributed by atoms with E-state index in [-0.39, 0.29) is 24.0 Å². The van der Waals surface area contributed by atoms with Crippen LogP contribution in [0.5, 0.6) is 17.2 Å². The SMILES string of the molecule is CCC(C)(CC)c1c(F)c(F)c(C(=O)c2ccc(Oc3ccc(OC(C)(CC)C(C)C)cc3)cc2)c(F)c1F. The average Bonchev–Trinajstić information content (AvgIpc) is 2.93. The van der Waals surface area contributed by atoms with E-state index in [1.54, 1.807) is 38.1 Å². The number of hydrogen-bond acceptors (Lipinski definition) is 3. The Balaban J connectivity index is 1.82. The second-order valence-electron chi connectivity index (χ2n) is 10.6. The molecule has 210 valence electrons. The third kappa shape index (κ3) is 5.97. The molecule has 3 rings (SSSR count). The van der Waals surface area contributed by atoms with Crippen LogP contribution in [0.2, 0.25) is 0 Å². The van der Waals surface area contributed by atoms with Gasteiger partial charge in [-0.05, 0) is 86.1 Å². The lowest BCUT2D eigenvalue weighted by Gasteiger charge is -2.33. The van der Waals surface area contributed by atoms with Gasteiger partial charge in [0.15, 0.2) is 29.1 Å². The van der Waals surface area contributed by atoms with Crippen molar-refractivity contribution in [3.05, 3.63) is 88.5 Å². The van der Waals surface area contributed by atoms with Crippen LogP contribution in [0.1, 0.15) is 89.2 Å². The predicted octanol–water partition coefficient (Wildman–Crippen LogP) is 9.55. The second kappa shape index (κ2) is 11.8. The first-order chi connectivity index (χ1) is 18.3. The van der Waals surface area contributed by atoms with Crippen molar-refractivity contribution < 1.29 is 31.8 Å². The quantitative estimate of drug-likeness (QED) is 0.137. The lowest BCUT2D eigenvalue weighted by molar-refractivity contribution is 0.0368. The standard InChI is InChI=1S/C32H36F4O3/c1-8-31(6,9-2)25-28(35)26(33)24(27(34)29(25)36)30(37)20-11-13-21(14-12-20)38-22-15-17-23(18-16-22)39-32(7,10-3)19(4)5/h11-19H,8-10H2,1-7H3. The van der Waals surface area contributed by atoms with Gasteiger partial charge in [0.25, 0.3) is 0 Å². The van der Waals surface area contributed by atoms with Crippen LogP contribution in [0.4, 0.5) is 17.6 Å². The van der Waals surface area contributed by atoms with E-state index >= 15 is 0 Å². The van der Waals surface area contributed by atoms with Gasteiger partial charge in [-0.25, -0.2) is 17.6 Å². The topological polar surface area (TPSA) is 35.5 Å². The maximum Gasteiger partial charge on any atom is 0.199 e. The van der Waals surface area contributed by atoms with Crippen LogP contribution in [-0.2, 0) is 5.41 Å². The normalized spacial score (nSPS) is 13.3. The van der Waals surface area contributed by atoms with Crippen LogP contribution < -0.4 is 9.47 Å². The number of rotatable bonds is 11. The highest BCUT2D eigenvalue weighted by molar-refractivity contribution is 6.09. The van der Waals surface area contributed by atoms with Crippen molar-refractivity contribution in [3.8, 4) is 17.2 Å². The van der Waals surface area contributed by atoms with Crippen LogP contribution in [0.15, 0.2) is 48.5 Å². The Morgan fingerprint density at radius 2 is 1.15 bits per heavy atom. The summed E-state index contributed by atoms with van der Waals surface area (Å²) in [6, 6.07) is 12.5. The minimum Gasteiger partial charge on any atom is -0.487 e. The Labute approximate surface area is 228 Å². The van der Waals surface area contributed by atoms with E-state index in [9.17, 15) is 22.4 Å². The smallest absolute Gasteiger partial charge is 0.199 e. The Morgan fingerprint density at radius 1 is 0.718 bits per heavy atom. The van der Waals surface area contributed by atoms with Gasteiger partial charge in [0.2, 0.25) is 0 Å². The van der Waals surface area contributed by atoms with Crippen LogP contribution in [0.3, 0.4) is 0 Å². The highest BCUT2D eigenvalue weighted by Crippen LogP contribution is 2.38. The molecule has 1 unspecified atom stereocenters. The van der Waals surface area contributed by atoms with Crippen LogP contribution >= 0.6 is 0 Å². The van der Waals surface area contributed by atoms with Crippen LogP contribution in [-0.4, -0.2) is 11.4 Å². The summed E-state index contributed by atoms with van der Waals surface area (Å²) in [5.41, 5.74) is -3.50. The molecule has 1 atom stereocenters. The molecule has 3 aromatic rings. The van der Waals surface area contributed by atoms with E-state index in [0.29, 0.717) is 23.2 Å². The van der Waals surface area contributed by atoms with Crippen molar-refractivity contribution in [2.24, 2.45) is 5.92 Å². The summed E-state index contributed by atoms with van der Waals surface area (Å²) in [6.45, 7) is 13.2. The van der Waals surface area contributed by atoms with E-state index in [4.69, 9.17) is 9.47 Å². The third-order valence-corrected chi connectivity index (χ3v) is 8.10. The zero-order valence-corrected chi connectivity index (χ0v) is 23.6. The summed E-state index contributed by atoms with van der Waals surface area (Å²) in [6.07, 6.45) is 1.37. The summed E-state index contributed by atoms with van der Waals surface area (Å²) in [7, 11) is 0. The van der Waals surface area contributed by atoms with Gasteiger partial charge < -0.3 is 9.47 Å². The summed E-state index contributed by atoms with van der Waals surface area (Å²) in [5, 5.41) is 0. The molecule has 0 radical (unpaired) electrons. The molecule has 0 bridgehead atoms. The Hall–Kier alpha value is -3.35. The molecule has 39 heavy (non-hydrogen) atoms. The van der Waals surface area contributed by atoms with E-state index in [0.717, 1.165) is 6.42 Å². The molecular weight excluding hydrogens is 508 g/mol. The molecular formula is C32H36F4O3. The molecule has 0 amide bonds. The van der Waals surface area contributed by atoms with Gasteiger partial charge in [0.05, 0.1) is 0 Å². The molecule has 0 aromatic heterocycles. The van der Waals surface area contributed by atoms with Crippen LogP contribution in [0, 0.1) is 29.2 Å². The van der Waals surface area contributed by atoms with E-state index < -0.39 is 45.6 Å². The molecule has 7 heteroatoms. The van der Waals surface area contributed by atoms with Gasteiger partial charge in [-0.1, -0.05) is 41.5 Å². The Kier molecular flexibility index (Phi) is 9.14. The van der Waals surface area contributed by atoms with Crippen LogP contribution in [0.25, 0.3) is 0 Å². The van der Waals surface area contributed by atoms with Gasteiger partial charge in [0.1, 0.15) is 28.4 Å². The zero-order chi connectivity index (χ0) is 29.1. The zero-order valence-electron chi connectivity index (χ0n) is 23.6. The van der Waals surface area contributed by atoms with Crippen molar-refractivity contribution >= 4 is 5.78 Å². The maximum absolute atomic E-state index is 15.0. The van der Waals surface area contributed by atoms with Gasteiger partial charge >= 0.3 is 0 Å². The molecule has 0 heterocycles. The Morgan fingerprint density at radius 3 is 1.56 bits per heavy atom. The molecule has 0 N–H and O–H groups in total. The number of halogens is 4. The highest BCUT2D eigenvalue weighted by Gasteiger charge is 2.37. The number of carbonyl (C=O) groups is 1. The fraction of sp³-hybridized carbons (Fsp3) is 0.406. The minimum absolute atomic E-state index is 0.142. The summed E-state index contributed by atoms with van der Waals surface area (Å²) >= 11 is 0. The molecule has 0 fully saturated rings. The minimum atomic E-state index is -1.69. The lowest BCUT2D eigenvalue weighted by atomic mass is 9.76. The number of carbonyl (C=O) groups excluding carboxylic acids is 1. The highest BCUT2D eigenvalue weighted by atomic mass is 19.2. The van der Waals surface area contributed by atoms with E-state index in [1.807, 2.05) is 0 Å². The predicted molar refractivity (Wildman–Crippen MR) is 145 cm³/mol. The molecule has 0 saturated carbocycles. The van der Waals surface area contributed by atoms with Gasteiger partial charge in [0, 0.05) is 11.1 Å². The number of ketones is 1. The first kappa shape index (κ1) is 30.2. The van der Waals surface area contributed by atoms with E-state index in [2.05, 4.69) is 27.7 Å².